The van der Waals surface area contributed by atoms with Crippen LogP contribution in [0.1, 0.15) is 0 Å². The van der Waals surface area contributed by atoms with Crippen molar-refractivity contribution in [3.05, 3.63) is 0 Å². The number of hydrogen-bond acceptors (Lipinski definition) is 3. The highest BCUT2D eigenvalue weighted by Gasteiger charge is 2.01. The Balaban J connectivity index is -0.0000000400. The van der Waals surface area contributed by atoms with Gasteiger partial charge in [0.1, 0.15) is 0 Å². The third-order valence-corrected chi connectivity index (χ3v) is 0. The molecule has 0 unspecified atom stereocenters. The molecule has 0 aliphatic heterocycles. The van der Waals surface area contributed by atoms with Crippen molar-refractivity contribution in [2.45, 2.75) is 0 Å². The fourth-order valence-electron chi connectivity index (χ4n) is 0. The predicted molar refractivity (Wildman–Crippen MR) is 52.2 cm³/mol. The van der Waals surface area contributed by atoms with Gasteiger partial charge in [-0.2, -0.15) is 0 Å². The fourth-order valence-corrected chi connectivity index (χ4v) is 0. The summed E-state index contributed by atoms with van der Waals surface area (Å²) in [6.07, 6.45) is 0. The molecule has 0 rings (SSSR count). The standard InChI is InChI=1S/B.3H3O4P.H2O/c;3*1-5(2,3)4;/h;3*(H3,1,2,3,4);1H2. The van der Waals surface area contributed by atoms with Crippen molar-refractivity contribution in [3.63, 3.8) is 0 Å². The van der Waals surface area contributed by atoms with Crippen molar-refractivity contribution >= 4 is 31.9 Å². The lowest BCUT2D eigenvalue weighted by Gasteiger charge is -1.82. The Labute approximate surface area is 96.0 Å². The molecule has 0 amide bonds. The lowest BCUT2D eigenvalue weighted by molar-refractivity contribution is 0.272. The Morgan fingerprint density at radius 3 is 0.471 bits per heavy atom. The molecule has 0 saturated heterocycles. The predicted octanol–water partition coefficient (Wildman–Crippen LogP) is -3.99. The first-order valence-corrected chi connectivity index (χ1v) is 7.04. The van der Waals surface area contributed by atoms with Crippen LogP contribution in [0.2, 0.25) is 0 Å². The van der Waals surface area contributed by atoms with E-state index in [9.17, 15) is 0 Å². The van der Waals surface area contributed by atoms with E-state index in [4.69, 9.17) is 57.7 Å². The van der Waals surface area contributed by atoms with Gasteiger partial charge in [-0.3, -0.25) is 0 Å². The summed E-state index contributed by atoms with van der Waals surface area (Å²) in [6.45, 7) is 0. The van der Waals surface area contributed by atoms with Gasteiger partial charge in [0.05, 0.1) is 0 Å². The second-order valence-corrected chi connectivity index (χ2v) is 4.62. The topological polar surface area (TPSA) is 265 Å². The van der Waals surface area contributed by atoms with Gasteiger partial charge in [-0.1, -0.05) is 0 Å². The van der Waals surface area contributed by atoms with Gasteiger partial charge in [-0.05, 0) is 0 Å². The first-order chi connectivity index (χ1) is 6.00. The van der Waals surface area contributed by atoms with Gasteiger partial charge in [0.2, 0.25) is 0 Å². The van der Waals surface area contributed by atoms with Crippen LogP contribution >= 0.6 is 23.5 Å². The van der Waals surface area contributed by atoms with Crippen molar-refractivity contribution in [2.75, 3.05) is 0 Å². The molecule has 0 bridgehead atoms. The summed E-state index contributed by atoms with van der Waals surface area (Å²) in [6, 6.07) is 0. The number of hydrogen-bond donors (Lipinski definition) is 9. The molecule has 0 fully saturated rings. The highest BCUT2D eigenvalue weighted by atomic mass is 31.2. The summed E-state index contributed by atoms with van der Waals surface area (Å²) >= 11 is 0. The lowest BCUT2D eigenvalue weighted by Crippen LogP contribution is -1.66. The zero-order valence-corrected chi connectivity index (χ0v) is 10.4. The molecule has 0 spiro atoms. The van der Waals surface area contributed by atoms with Crippen LogP contribution < -0.4 is 0 Å². The molecule has 17 heavy (non-hydrogen) atoms. The average molecular weight is 323 g/mol. The molecule has 0 heterocycles. The van der Waals surface area contributed by atoms with E-state index in [1.165, 1.54) is 0 Å². The number of phosphoric acid groups is 3. The monoisotopic (exact) mass is 323 g/mol. The molecule has 107 valence electrons. The van der Waals surface area contributed by atoms with E-state index in [1.54, 1.807) is 0 Å². The van der Waals surface area contributed by atoms with E-state index in [2.05, 4.69) is 0 Å². The molecule has 17 heteroatoms. The van der Waals surface area contributed by atoms with E-state index >= 15 is 0 Å². The molecule has 0 aromatic carbocycles. The quantitative estimate of drug-likeness (QED) is 0.152. The largest absolute Gasteiger partial charge is 0.466 e. The summed E-state index contributed by atoms with van der Waals surface area (Å²) in [5.41, 5.74) is 0. The molecule has 3 radical (unpaired) electrons. The summed E-state index contributed by atoms with van der Waals surface area (Å²) in [7, 11) is -13.9. The van der Waals surface area contributed by atoms with Gasteiger partial charge in [0.25, 0.3) is 0 Å². The third kappa shape index (κ3) is 26800. The maximum atomic E-state index is 8.88. The van der Waals surface area contributed by atoms with E-state index < -0.39 is 23.5 Å². The van der Waals surface area contributed by atoms with Crippen molar-refractivity contribution in [3.8, 4) is 0 Å². The second-order valence-electron chi connectivity index (χ2n) is 1.54. The SMILES string of the molecule is O.O=P(O)(O)O.O=P(O)(O)O.O=P(O)(O)O.[B]. The van der Waals surface area contributed by atoms with Crippen LogP contribution in [0.4, 0.5) is 0 Å². The van der Waals surface area contributed by atoms with Crippen molar-refractivity contribution in [1.29, 1.82) is 0 Å². The molecular weight excluding hydrogens is 312 g/mol. The molecule has 0 saturated carbocycles. The molecular formula is H11BO13P3. The maximum absolute atomic E-state index is 8.88. The fraction of sp³-hybridized carbons (Fsp3) is 0. The van der Waals surface area contributed by atoms with Gasteiger partial charge in [-0.15, -0.1) is 0 Å². The Kier molecular flexibility index (Phi) is 20.5. The minimum atomic E-state index is -4.64. The lowest BCUT2D eigenvalue weighted by atomic mass is 10.8. The molecule has 0 aliphatic carbocycles. The minimum Gasteiger partial charge on any atom is -0.412 e. The van der Waals surface area contributed by atoms with Crippen LogP contribution in [-0.2, 0) is 13.7 Å². The van der Waals surface area contributed by atoms with Crippen molar-refractivity contribution in [2.24, 2.45) is 0 Å². The van der Waals surface area contributed by atoms with Gasteiger partial charge >= 0.3 is 23.5 Å². The molecule has 0 atom stereocenters. The van der Waals surface area contributed by atoms with Crippen LogP contribution in [0.15, 0.2) is 0 Å². The average Bonchev–Trinajstić information content (AvgIpc) is 1.41. The van der Waals surface area contributed by atoms with Gasteiger partial charge in [0, 0.05) is 8.41 Å². The minimum absolute atomic E-state index is 0. The summed E-state index contributed by atoms with van der Waals surface area (Å²) in [5, 5.41) is 0. The van der Waals surface area contributed by atoms with Crippen LogP contribution in [0.25, 0.3) is 0 Å². The zero-order chi connectivity index (χ0) is 13.5. The second kappa shape index (κ2) is 11.4. The summed E-state index contributed by atoms with van der Waals surface area (Å²) < 4.78 is 26.6. The molecule has 11 N–H and O–H groups in total. The Bertz CT molecular complexity index is 203. The van der Waals surface area contributed by atoms with E-state index in [0.717, 1.165) is 0 Å². The molecule has 0 aliphatic rings. The van der Waals surface area contributed by atoms with Crippen molar-refractivity contribution < 1.29 is 63.2 Å². The number of rotatable bonds is 0. The first kappa shape index (κ1) is 30.4. The van der Waals surface area contributed by atoms with Gasteiger partial charge in [-0.25, -0.2) is 13.7 Å². The highest BCUT2D eigenvalue weighted by molar-refractivity contribution is 7.45. The normalized spacial score (nSPS) is 10.4. The smallest absolute Gasteiger partial charge is 0.412 e. The van der Waals surface area contributed by atoms with Crippen LogP contribution in [0.3, 0.4) is 0 Å². The van der Waals surface area contributed by atoms with Crippen LogP contribution in [0, 0.1) is 0 Å². The molecule has 13 nitrogen and oxygen atoms in total. The van der Waals surface area contributed by atoms with Gasteiger partial charge in [0.15, 0.2) is 0 Å². The Morgan fingerprint density at radius 2 is 0.471 bits per heavy atom. The zero-order valence-electron chi connectivity index (χ0n) is 7.67. The van der Waals surface area contributed by atoms with Crippen LogP contribution in [-0.4, -0.2) is 57.9 Å². The Hall–Kier alpha value is 0.355. The van der Waals surface area contributed by atoms with Crippen molar-refractivity contribution in [1.82, 2.24) is 0 Å². The molecule has 0 aromatic heterocycles. The van der Waals surface area contributed by atoms with E-state index in [1.807, 2.05) is 0 Å². The van der Waals surface area contributed by atoms with E-state index in [0.29, 0.717) is 0 Å². The van der Waals surface area contributed by atoms with E-state index in [-0.39, 0.29) is 13.9 Å². The first-order valence-electron chi connectivity index (χ1n) is 2.35. The molecule has 0 aromatic rings. The Morgan fingerprint density at radius 1 is 0.471 bits per heavy atom. The third-order valence-electron chi connectivity index (χ3n) is 0. The maximum Gasteiger partial charge on any atom is 0.466 e. The highest BCUT2D eigenvalue weighted by Crippen LogP contribution is 2.26. The summed E-state index contributed by atoms with van der Waals surface area (Å²) in [4.78, 5) is 64.7. The summed E-state index contributed by atoms with van der Waals surface area (Å²) in [5.74, 6) is 0. The van der Waals surface area contributed by atoms with Crippen LogP contribution in [0.5, 0.6) is 0 Å². The van der Waals surface area contributed by atoms with Gasteiger partial charge < -0.3 is 49.5 Å².